The predicted molar refractivity (Wildman–Crippen MR) is 67.7 cm³/mol. The second-order valence-electron chi connectivity index (χ2n) is 4.11. The number of anilines is 1. The largest absolute Gasteiger partial charge is 0.368 e. The average molecular weight is 246 g/mol. The van der Waals surface area contributed by atoms with Gasteiger partial charge in [0.25, 0.3) is 0 Å². The van der Waals surface area contributed by atoms with Crippen LogP contribution in [0.15, 0.2) is 12.5 Å². The Kier molecular flexibility index (Phi) is 4.67. The highest BCUT2D eigenvalue weighted by molar-refractivity contribution is 8.00. The monoisotopic (exact) mass is 245 g/mol. The molecule has 3 nitrogen and oxygen atoms in total. The number of aromatic nitrogens is 2. The van der Waals surface area contributed by atoms with E-state index in [1.165, 1.54) is 6.33 Å². The number of thioether (sulfide) groups is 1. The Morgan fingerprint density at radius 3 is 2.80 bits per heavy atom. The van der Waals surface area contributed by atoms with E-state index in [2.05, 4.69) is 36.1 Å². The zero-order valence-corrected chi connectivity index (χ0v) is 10.8. The minimum absolute atomic E-state index is 0.303. The second-order valence-corrected chi connectivity index (χ2v) is 6.44. The van der Waals surface area contributed by atoms with Gasteiger partial charge < -0.3 is 5.32 Å². The lowest BCUT2D eigenvalue weighted by molar-refractivity contribution is 0.802. The van der Waals surface area contributed by atoms with Crippen molar-refractivity contribution in [2.75, 3.05) is 17.6 Å². The first-order chi connectivity index (χ1) is 6.99. The van der Waals surface area contributed by atoms with Crippen LogP contribution in [0, 0.1) is 0 Å². The molecular formula is C10H16ClN3S. The molecule has 5 heteroatoms. The van der Waals surface area contributed by atoms with E-state index in [4.69, 9.17) is 11.6 Å². The molecule has 1 rings (SSSR count). The van der Waals surface area contributed by atoms with Gasteiger partial charge >= 0.3 is 0 Å². The molecule has 0 saturated carbocycles. The number of hydrogen-bond acceptors (Lipinski definition) is 4. The molecule has 0 fully saturated rings. The number of hydrogen-bond donors (Lipinski definition) is 1. The van der Waals surface area contributed by atoms with Crippen LogP contribution in [0.25, 0.3) is 0 Å². The zero-order chi connectivity index (χ0) is 11.3. The van der Waals surface area contributed by atoms with Gasteiger partial charge in [-0.15, -0.1) is 0 Å². The molecule has 84 valence electrons. The van der Waals surface area contributed by atoms with Gasteiger partial charge in [0.1, 0.15) is 17.2 Å². The smallest absolute Gasteiger partial charge is 0.148 e. The fraction of sp³-hybridized carbons (Fsp3) is 0.600. The summed E-state index contributed by atoms with van der Waals surface area (Å²) >= 11 is 7.81. The third-order valence-corrected chi connectivity index (χ3v) is 3.15. The summed E-state index contributed by atoms with van der Waals surface area (Å²) in [6, 6.07) is 0. The van der Waals surface area contributed by atoms with Gasteiger partial charge in [-0.2, -0.15) is 11.8 Å². The van der Waals surface area contributed by atoms with E-state index in [1.807, 2.05) is 11.8 Å². The number of nitrogens with one attached hydrogen (secondary N) is 1. The summed E-state index contributed by atoms with van der Waals surface area (Å²) in [6.45, 7) is 7.47. The summed E-state index contributed by atoms with van der Waals surface area (Å²) in [6.07, 6.45) is 3.08. The molecule has 0 aromatic carbocycles. The van der Waals surface area contributed by atoms with Gasteiger partial charge in [-0.25, -0.2) is 9.97 Å². The van der Waals surface area contributed by atoms with Gasteiger partial charge in [-0.1, -0.05) is 32.4 Å². The molecule has 1 aromatic rings. The minimum Gasteiger partial charge on any atom is -0.368 e. The number of nitrogens with zero attached hydrogens (tertiary/aromatic N) is 2. The van der Waals surface area contributed by atoms with Gasteiger partial charge in [0, 0.05) is 17.0 Å². The highest BCUT2D eigenvalue weighted by Crippen LogP contribution is 2.23. The van der Waals surface area contributed by atoms with Gasteiger partial charge in [0.2, 0.25) is 0 Å². The van der Waals surface area contributed by atoms with Crippen LogP contribution in [0.5, 0.6) is 0 Å². The Hall–Kier alpha value is -0.480. The Labute approximate surface area is 100 Å². The first-order valence-electron chi connectivity index (χ1n) is 4.82. The molecule has 0 spiro atoms. The van der Waals surface area contributed by atoms with Crippen molar-refractivity contribution in [3.63, 3.8) is 0 Å². The maximum Gasteiger partial charge on any atom is 0.148 e. The summed E-state index contributed by atoms with van der Waals surface area (Å²) in [5, 5.41) is 3.75. The molecular weight excluding hydrogens is 230 g/mol. The standard InChI is InChI=1S/C10H16ClN3S/c1-10(2,3)15-5-4-13-9-8(11)6-12-7-14-9/h6-7H,4-5H2,1-3H3,(H,12,13,14). The van der Waals surface area contributed by atoms with Crippen LogP contribution in [0.3, 0.4) is 0 Å². The third-order valence-electron chi connectivity index (χ3n) is 1.60. The third kappa shape index (κ3) is 5.23. The van der Waals surface area contributed by atoms with E-state index in [0.717, 1.165) is 12.3 Å². The van der Waals surface area contributed by atoms with E-state index in [9.17, 15) is 0 Å². The fourth-order valence-electron chi connectivity index (χ4n) is 0.969. The first-order valence-corrected chi connectivity index (χ1v) is 6.19. The molecule has 0 saturated heterocycles. The summed E-state index contributed by atoms with van der Waals surface area (Å²) in [4.78, 5) is 7.87. The molecule has 0 aliphatic rings. The van der Waals surface area contributed by atoms with Crippen LogP contribution >= 0.6 is 23.4 Å². The molecule has 0 atom stereocenters. The van der Waals surface area contributed by atoms with E-state index >= 15 is 0 Å². The van der Waals surface area contributed by atoms with Crippen LogP contribution in [0.4, 0.5) is 5.82 Å². The van der Waals surface area contributed by atoms with E-state index in [-0.39, 0.29) is 0 Å². The number of rotatable bonds is 4. The van der Waals surface area contributed by atoms with E-state index in [0.29, 0.717) is 15.6 Å². The zero-order valence-electron chi connectivity index (χ0n) is 9.25. The normalized spacial score (nSPS) is 11.5. The first kappa shape index (κ1) is 12.6. The highest BCUT2D eigenvalue weighted by Gasteiger charge is 2.09. The highest BCUT2D eigenvalue weighted by atomic mass is 35.5. The molecule has 0 amide bonds. The van der Waals surface area contributed by atoms with Crippen molar-refractivity contribution < 1.29 is 0 Å². The van der Waals surface area contributed by atoms with Crippen LogP contribution < -0.4 is 5.32 Å². The lowest BCUT2D eigenvalue weighted by atomic mass is 10.3. The number of halogens is 1. The molecule has 1 heterocycles. The second kappa shape index (κ2) is 5.56. The lowest BCUT2D eigenvalue weighted by Gasteiger charge is -2.17. The molecule has 1 aromatic heterocycles. The molecule has 1 N–H and O–H groups in total. The summed E-state index contributed by atoms with van der Waals surface area (Å²) < 4.78 is 0.303. The van der Waals surface area contributed by atoms with Gasteiger partial charge in [-0.05, 0) is 0 Å². The van der Waals surface area contributed by atoms with Crippen molar-refractivity contribution in [1.29, 1.82) is 0 Å². The maximum absolute atomic E-state index is 5.90. The Balaban J connectivity index is 2.30. The van der Waals surface area contributed by atoms with Crippen molar-refractivity contribution in [3.8, 4) is 0 Å². The van der Waals surface area contributed by atoms with Crippen LogP contribution in [-0.2, 0) is 0 Å². The van der Waals surface area contributed by atoms with Crippen LogP contribution in [0.2, 0.25) is 5.02 Å². The Morgan fingerprint density at radius 2 is 2.20 bits per heavy atom. The molecule has 0 bridgehead atoms. The quantitative estimate of drug-likeness (QED) is 0.828. The molecule has 0 radical (unpaired) electrons. The summed E-state index contributed by atoms with van der Waals surface area (Å²) in [7, 11) is 0. The average Bonchev–Trinajstić information content (AvgIpc) is 2.13. The lowest BCUT2D eigenvalue weighted by Crippen LogP contribution is -2.13. The SMILES string of the molecule is CC(C)(C)SCCNc1ncncc1Cl. The fourth-order valence-corrected chi connectivity index (χ4v) is 1.96. The Morgan fingerprint density at radius 1 is 1.47 bits per heavy atom. The molecule has 0 unspecified atom stereocenters. The molecule has 0 aliphatic heterocycles. The van der Waals surface area contributed by atoms with Crippen molar-refractivity contribution in [2.24, 2.45) is 0 Å². The molecule has 15 heavy (non-hydrogen) atoms. The van der Waals surface area contributed by atoms with Crippen LogP contribution in [-0.4, -0.2) is 27.0 Å². The summed E-state index contributed by atoms with van der Waals surface area (Å²) in [5.41, 5.74) is 0. The van der Waals surface area contributed by atoms with E-state index in [1.54, 1.807) is 6.20 Å². The van der Waals surface area contributed by atoms with E-state index < -0.39 is 0 Å². The summed E-state index contributed by atoms with van der Waals surface area (Å²) in [5.74, 6) is 1.74. The van der Waals surface area contributed by atoms with Gasteiger partial charge in [0.05, 0.1) is 6.20 Å². The minimum atomic E-state index is 0.303. The Bertz CT molecular complexity index is 312. The predicted octanol–water partition coefficient (Wildman–Crippen LogP) is 3.07. The van der Waals surface area contributed by atoms with Crippen molar-refractivity contribution in [1.82, 2.24) is 9.97 Å². The maximum atomic E-state index is 5.90. The van der Waals surface area contributed by atoms with Crippen LogP contribution in [0.1, 0.15) is 20.8 Å². The topological polar surface area (TPSA) is 37.8 Å². The van der Waals surface area contributed by atoms with Gasteiger partial charge in [0.15, 0.2) is 0 Å². The molecule has 0 aliphatic carbocycles. The van der Waals surface area contributed by atoms with Crippen molar-refractivity contribution >= 4 is 29.2 Å². The van der Waals surface area contributed by atoms with Crippen molar-refractivity contribution in [2.45, 2.75) is 25.5 Å². The van der Waals surface area contributed by atoms with Crippen molar-refractivity contribution in [3.05, 3.63) is 17.5 Å². The van der Waals surface area contributed by atoms with Gasteiger partial charge in [-0.3, -0.25) is 0 Å².